The number of hydrogen-bond acceptors (Lipinski definition) is 3. The first-order chi connectivity index (χ1) is 10.5. The first-order valence-electron chi connectivity index (χ1n) is 6.88. The van der Waals surface area contributed by atoms with Crippen LogP contribution in [0.1, 0.15) is 12.6 Å². The quantitative estimate of drug-likeness (QED) is 0.920. The lowest BCUT2D eigenvalue weighted by Gasteiger charge is -2.13. The normalized spacial score (nSPS) is 10.3. The van der Waals surface area contributed by atoms with Crippen molar-refractivity contribution < 1.29 is 13.9 Å². The van der Waals surface area contributed by atoms with Gasteiger partial charge in [0.15, 0.2) is 12.4 Å². The molecule has 0 fully saturated rings. The molecule has 1 aromatic heterocycles. The molecule has 5 nitrogen and oxygen atoms in total. The number of hydrogen-bond donors (Lipinski definition) is 1. The van der Waals surface area contributed by atoms with Gasteiger partial charge in [-0.3, -0.25) is 9.59 Å². The van der Waals surface area contributed by atoms with Crippen molar-refractivity contribution in [1.29, 1.82) is 0 Å². The standard InChI is InChI=1S/C16H17FN2O3/c1-3-13-16(14(20)8-9-19(13)2)22-10-15(21)18-12-7-5-4-6-11(12)17/h4-9H,3,10H2,1-2H3,(H,18,21). The fourth-order valence-electron chi connectivity index (χ4n) is 2.10. The Morgan fingerprint density at radius 1 is 1.32 bits per heavy atom. The van der Waals surface area contributed by atoms with Gasteiger partial charge >= 0.3 is 0 Å². The average Bonchev–Trinajstić information content (AvgIpc) is 2.50. The van der Waals surface area contributed by atoms with Crippen LogP contribution in [0.15, 0.2) is 41.3 Å². The maximum atomic E-state index is 13.4. The number of carbonyl (C=O) groups excluding carboxylic acids is 1. The van der Waals surface area contributed by atoms with E-state index < -0.39 is 11.7 Å². The Morgan fingerprint density at radius 3 is 2.73 bits per heavy atom. The van der Waals surface area contributed by atoms with E-state index in [4.69, 9.17) is 4.74 Å². The SMILES string of the molecule is CCc1c(OCC(=O)Nc2ccccc2F)c(=O)ccn1C. The molecule has 2 rings (SSSR count). The summed E-state index contributed by atoms with van der Waals surface area (Å²) in [5, 5.41) is 2.40. The molecule has 0 aliphatic heterocycles. The number of aromatic nitrogens is 1. The molecule has 1 aromatic carbocycles. The van der Waals surface area contributed by atoms with E-state index in [0.717, 1.165) is 0 Å². The smallest absolute Gasteiger partial charge is 0.262 e. The summed E-state index contributed by atoms with van der Waals surface area (Å²) in [6, 6.07) is 7.22. The van der Waals surface area contributed by atoms with Gasteiger partial charge in [0.1, 0.15) is 5.82 Å². The van der Waals surface area contributed by atoms with Gasteiger partial charge in [-0.1, -0.05) is 19.1 Å². The number of para-hydroxylation sites is 1. The molecule has 116 valence electrons. The van der Waals surface area contributed by atoms with E-state index in [2.05, 4.69) is 5.32 Å². The van der Waals surface area contributed by atoms with Gasteiger partial charge in [-0.05, 0) is 18.6 Å². The summed E-state index contributed by atoms with van der Waals surface area (Å²) >= 11 is 0. The van der Waals surface area contributed by atoms with Gasteiger partial charge in [0.05, 0.1) is 11.4 Å². The summed E-state index contributed by atoms with van der Waals surface area (Å²) in [5.74, 6) is -0.907. The first kappa shape index (κ1) is 15.8. The van der Waals surface area contributed by atoms with E-state index in [-0.39, 0.29) is 23.5 Å². The number of rotatable bonds is 5. The predicted molar refractivity (Wildman–Crippen MR) is 81.6 cm³/mol. The monoisotopic (exact) mass is 304 g/mol. The number of nitrogens with zero attached hydrogens (tertiary/aromatic N) is 1. The van der Waals surface area contributed by atoms with Crippen LogP contribution in [0.4, 0.5) is 10.1 Å². The minimum atomic E-state index is -0.530. The molecule has 1 amide bonds. The molecule has 0 atom stereocenters. The molecule has 0 saturated heterocycles. The maximum Gasteiger partial charge on any atom is 0.262 e. The molecule has 0 bridgehead atoms. The van der Waals surface area contributed by atoms with Crippen molar-refractivity contribution in [3.63, 3.8) is 0 Å². The van der Waals surface area contributed by atoms with Crippen LogP contribution in [0.3, 0.4) is 0 Å². The molecular weight excluding hydrogens is 287 g/mol. The molecule has 22 heavy (non-hydrogen) atoms. The summed E-state index contributed by atoms with van der Waals surface area (Å²) in [6.07, 6.45) is 2.24. The highest BCUT2D eigenvalue weighted by Gasteiger charge is 2.12. The number of nitrogens with one attached hydrogen (secondary N) is 1. The second-order valence-electron chi connectivity index (χ2n) is 4.74. The molecule has 0 saturated carbocycles. The zero-order valence-corrected chi connectivity index (χ0v) is 12.4. The molecule has 0 radical (unpaired) electrons. The minimum Gasteiger partial charge on any atom is -0.478 e. The van der Waals surface area contributed by atoms with Crippen molar-refractivity contribution in [1.82, 2.24) is 4.57 Å². The van der Waals surface area contributed by atoms with Crippen LogP contribution in [0.25, 0.3) is 0 Å². The van der Waals surface area contributed by atoms with Crippen molar-refractivity contribution in [2.24, 2.45) is 7.05 Å². The van der Waals surface area contributed by atoms with Gasteiger partial charge in [0.2, 0.25) is 5.43 Å². The van der Waals surface area contributed by atoms with Crippen LogP contribution >= 0.6 is 0 Å². The molecule has 6 heteroatoms. The molecule has 1 N–H and O–H groups in total. The average molecular weight is 304 g/mol. The minimum absolute atomic E-state index is 0.0766. The van der Waals surface area contributed by atoms with Crippen LogP contribution in [-0.2, 0) is 18.3 Å². The summed E-state index contributed by atoms with van der Waals surface area (Å²) in [4.78, 5) is 23.7. The number of pyridine rings is 1. The zero-order valence-electron chi connectivity index (χ0n) is 12.4. The molecule has 0 spiro atoms. The van der Waals surface area contributed by atoms with E-state index in [1.807, 2.05) is 6.92 Å². The van der Waals surface area contributed by atoms with Crippen molar-refractivity contribution >= 4 is 11.6 Å². The van der Waals surface area contributed by atoms with E-state index >= 15 is 0 Å². The van der Waals surface area contributed by atoms with Crippen molar-refractivity contribution in [2.45, 2.75) is 13.3 Å². The van der Waals surface area contributed by atoms with Gasteiger partial charge in [0.25, 0.3) is 5.91 Å². The second-order valence-corrected chi connectivity index (χ2v) is 4.74. The molecule has 0 aliphatic rings. The van der Waals surface area contributed by atoms with Gasteiger partial charge in [-0.2, -0.15) is 0 Å². The van der Waals surface area contributed by atoms with Crippen molar-refractivity contribution in [3.05, 3.63) is 58.3 Å². The number of ether oxygens (including phenoxy) is 1. The Labute approximate surface area is 127 Å². The van der Waals surface area contributed by atoms with E-state index in [0.29, 0.717) is 12.1 Å². The fraction of sp³-hybridized carbons (Fsp3) is 0.250. The Hall–Kier alpha value is -2.63. The third-order valence-electron chi connectivity index (χ3n) is 3.19. The van der Waals surface area contributed by atoms with Gasteiger partial charge in [-0.25, -0.2) is 4.39 Å². The lowest BCUT2D eigenvalue weighted by atomic mass is 10.2. The molecule has 1 heterocycles. The third kappa shape index (κ3) is 3.52. The van der Waals surface area contributed by atoms with Crippen LogP contribution in [-0.4, -0.2) is 17.1 Å². The molecular formula is C16H17FN2O3. The van der Waals surface area contributed by atoms with Crippen molar-refractivity contribution in [3.8, 4) is 5.75 Å². The summed E-state index contributed by atoms with van der Waals surface area (Å²) < 4.78 is 20.6. The Bertz CT molecular complexity index is 740. The highest BCUT2D eigenvalue weighted by Crippen LogP contribution is 2.14. The van der Waals surface area contributed by atoms with Gasteiger partial charge in [-0.15, -0.1) is 0 Å². The van der Waals surface area contributed by atoms with Crippen LogP contribution in [0, 0.1) is 5.82 Å². The highest BCUT2D eigenvalue weighted by atomic mass is 19.1. The molecule has 2 aromatic rings. The molecule has 0 aliphatic carbocycles. The van der Waals surface area contributed by atoms with Crippen molar-refractivity contribution in [2.75, 3.05) is 11.9 Å². The summed E-state index contributed by atoms with van der Waals surface area (Å²) in [6.45, 7) is 1.53. The number of benzene rings is 1. The van der Waals surface area contributed by atoms with E-state index in [1.54, 1.807) is 23.9 Å². The second kappa shape index (κ2) is 6.89. The number of halogens is 1. The Balaban J connectivity index is 2.08. The Kier molecular flexibility index (Phi) is 4.93. The fourth-order valence-corrected chi connectivity index (χ4v) is 2.10. The van der Waals surface area contributed by atoms with E-state index in [1.165, 1.54) is 24.3 Å². The molecule has 0 unspecified atom stereocenters. The summed E-state index contributed by atoms with van der Waals surface area (Å²) in [7, 11) is 1.80. The number of amides is 1. The zero-order chi connectivity index (χ0) is 16.1. The van der Waals surface area contributed by atoms with Gasteiger partial charge in [0, 0.05) is 19.3 Å². The topological polar surface area (TPSA) is 60.3 Å². The number of carbonyl (C=O) groups is 1. The first-order valence-corrected chi connectivity index (χ1v) is 6.88. The number of aryl methyl sites for hydroxylation is 1. The summed E-state index contributed by atoms with van der Waals surface area (Å²) in [5.41, 5.74) is 0.493. The van der Waals surface area contributed by atoms with Crippen LogP contribution in [0.2, 0.25) is 0 Å². The lowest BCUT2D eigenvalue weighted by molar-refractivity contribution is -0.118. The predicted octanol–water partition coefficient (Wildman–Crippen LogP) is 2.10. The Morgan fingerprint density at radius 2 is 2.05 bits per heavy atom. The third-order valence-corrected chi connectivity index (χ3v) is 3.19. The van der Waals surface area contributed by atoms with Crippen LogP contribution < -0.4 is 15.5 Å². The maximum absolute atomic E-state index is 13.4. The van der Waals surface area contributed by atoms with Crippen LogP contribution in [0.5, 0.6) is 5.75 Å². The van der Waals surface area contributed by atoms with Gasteiger partial charge < -0.3 is 14.6 Å². The van der Waals surface area contributed by atoms with E-state index in [9.17, 15) is 14.0 Å². The number of anilines is 1. The largest absolute Gasteiger partial charge is 0.478 e. The highest BCUT2D eigenvalue weighted by molar-refractivity contribution is 5.91. The lowest BCUT2D eigenvalue weighted by Crippen LogP contribution is -2.24.